The summed E-state index contributed by atoms with van der Waals surface area (Å²) in [7, 11) is -0.737. The molecule has 2 atom stereocenters. The van der Waals surface area contributed by atoms with Crippen LogP contribution >= 0.6 is 0 Å². The number of hydrogen-bond acceptors (Lipinski definition) is 5. The summed E-state index contributed by atoms with van der Waals surface area (Å²) in [5, 5.41) is 0.0208. The van der Waals surface area contributed by atoms with Crippen molar-refractivity contribution in [2.24, 2.45) is 0 Å². The largest absolute Gasteiger partial charge is 0.467 e. The molecule has 24 heavy (non-hydrogen) atoms. The molecule has 1 fully saturated rings. The van der Waals surface area contributed by atoms with Crippen molar-refractivity contribution in [3.63, 3.8) is 0 Å². The van der Waals surface area contributed by atoms with Crippen molar-refractivity contribution in [2.45, 2.75) is 83.8 Å². The van der Waals surface area contributed by atoms with Gasteiger partial charge in [0.05, 0.1) is 13.2 Å². The van der Waals surface area contributed by atoms with Gasteiger partial charge in [-0.15, -0.1) is 0 Å². The maximum atomic E-state index is 12.5. The summed E-state index contributed by atoms with van der Waals surface area (Å²) in [6.45, 7) is 16.5. The van der Waals surface area contributed by atoms with E-state index in [0.29, 0.717) is 13.0 Å². The van der Waals surface area contributed by atoms with Gasteiger partial charge in [-0.3, -0.25) is 4.90 Å². The van der Waals surface area contributed by atoms with Crippen molar-refractivity contribution in [3.05, 3.63) is 0 Å². The number of ether oxygens (including phenoxy) is 2. The summed E-state index contributed by atoms with van der Waals surface area (Å²) in [5.41, 5.74) is -0.615. The SMILES string of the molecule is COC(=O)[C@@H]1C(O[Si](C)(C)C(C)(C)C)CCN1C(=O)OC(C)(C)C. The topological polar surface area (TPSA) is 65.1 Å². The van der Waals surface area contributed by atoms with Crippen LogP contribution in [0.25, 0.3) is 0 Å². The van der Waals surface area contributed by atoms with E-state index in [-0.39, 0.29) is 11.1 Å². The minimum Gasteiger partial charge on any atom is -0.467 e. The van der Waals surface area contributed by atoms with Crippen LogP contribution in [-0.2, 0) is 18.7 Å². The van der Waals surface area contributed by atoms with Crippen LogP contribution in [0.5, 0.6) is 0 Å². The summed E-state index contributed by atoms with van der Waals surface area (Å²) >= 11 is 0. The van der Waals surface area contributed by atoms with Gasteiger partial charge in [0.1, 0.15) is 5.60 Å². The van der Waals surface area contributed by atoms with E-state index in [2.05, 4.69) is 33.9 Å². The number of hydrogen-bond donors (Lipinski definition) is 0. The fraction of sp³-hybridized carbons (Fsp3) is 0.882. The molecule has 1 heterocycles. The van der Waals surface area contributed by atoms with E-state index in [4.69, 9.17) is 13.9 Å². The smallest absolute Gasteiger partial charge is 0.411 e. The zero-order chi connectivity index (χ0) is 18.9. The van der Waals surface area contributed by atoms with Gasteiger partial charge >= 0.3 is 12.1 Å². The monoisotopic (exact) mass is 359 g/mol. The number of likely N-dealkylation sites (tertiary alicyclic amines) is 1. The Kier molecular flexibility index (Phi) is 6.14. The second-order valence-corrected chi connectivity index (χ2v) is 13.6. The number of amides is 1. The van der Waals surface area contributed by atoms with E-state index >= 15 is 0 Å². The van der Waals surface area contributed by atoms with Gasteiger partial charge in [-0.05, 0) is 45.3 Å². The molecular formula is C17H33NO5Si. The van der Waals surface area contributed by atoms with E-state index in [0.717, 1.165) is 0 Å². The highest BCUT2D eigenvalue weighted by Gasteiger charge is 2.49. The Morgan fingerprint density at radius 3 is 2.04 bits per heavy atom. The molecule has 1 saturated heterocycles. The Morgan fingerprint density at radius 1 is 1.08 bits per heavy atom. The second-order valence-electron chi connectivity index (χ2n) is 8.85. The molecule has 1 unspecified atom stereocenters. The minimum absolute atomic E-state index is 0.0208. The van der Waals surface area contributed by atoms with Crippen LogP contribution in [0.15, 0.2) is 0 Å². The molecule has 0 radical (unpaired) electrons. The van der Waals surface area contributed by atoms with E-state index in [1.54, 1.807) is 20.8 Å². The fourth-order valence-corrected chi connectivity index (χ4v) is 3.72. The van der Waals surface area contributed by atoms with Crippen LogP contribution in [0.3, 0.4) is 0 Å². The fourth-order valence-electron chi connectivity index (χ4n) is 2.37. The van der Waals surface area contributed by atoms with Gasteiger partial charge in [-0.25, -0.2) is 9.59 Å². The molecule has 0 saturated carbocycles. The lowest BCUT2D eigenvalue weighted by Gasteiger charge is -2.39. The average molecular weight is 360 g/mol. The predicted octanol–water partition coefficient (Wildman–Crippen LogP) is 3.56. The third-order valence-corrected chi connectivity index (χ3v) is 9.17. The lowest BCUT2D eigenvalue weighted by atomic mass is 10.2. The average Bonchev–Trinajstić information content (AvgIpc) is 2.77. The second kappa shape index (κ2) is 7.04. The highest BCUT2D eigenvalue weighted by Crippen LogP contribution is 2.39. The van der Waals surface area contributed by atoms with Crippen molar-refractivity contribution >= 4 is 20.4 Å². The van der Waals surface area contributed by atoms with E-state index in [1.807, 2.05) is 0 Å². The summed E-state index contributed by atoms with van der Waals surface area (Å²) < 4.78 is 16.7. The number of rotatable bonds is 3. The molecule has 1 aliphatic heterocycles. The molecule has 0 bridgehead atoms. The standard InChI is InChI=1S/C17H33NO5Si/c1-16(2,3)22-15(20)18-11-10-12(13(18)14(19)21-7)23-24(8,9)17(4,5)6/h12-13H,10-11H2,1-9H3/t12?,13-/m0/s1. The molecule has 0 spiro atoms. The highest BCUT2D eigenvalue weighted by molar-refractivity contribution is 6.74. The summed E-state index contributed by atoms with van der Waals surface area (Å²) in [6.07, 6.45) is -0.254. The lowest BCUT2D eigenvalue weighted by molar-refractivity contribution is -0.148. The molecule has 7 heteroatoms. The van der Waals surface area contributed by atoms with Crippen LogP contribution in [0.4, 0.5) is 4.79 Å². The molecule has 0 aromatic heterocycles. The van der Waals surface area contributed by atoms with Crippen LogP contribution in [0.1, 0.15) is 48.0 Å². The first-order valence-electron chi connectivity index (χ1n) is 8.45. The summed E-state index contributed by atoms with van der Waals surface area (Å²) in [5.74, 6) is -0.456. The van der Waals surface area contributed by atoms with Crippen molar-refractivity contribution in [2.75, 3.05) is 13.7 Å². The zero-order valence-corrected chi connectivity index (χ0v) is 17.6. The van der Waals surface area contributed by atoms with Gasteiger partial charge < -0.3 is 13.9 Å². The highest BCUT2D eigenvalue weighted by atomic mass is 28.4. The van der Waals surface area contributed by atoms with Crippen molar-refractivity contribution in [3.8, 4) is 0 Å². The third kappa shape index (κ3) is 4.96. The lowest BCUT2D eigenvalue weighted by Crippen LogP contribution is -2.52. The van der Waals surface area contributed by atoms with Crippen LogP contribution in [-0.4, -0.2) is 56.7 Å². The van der Waals surface area contributed by atoms with Gasteiger partial charge in [-0.1, -0.05) is 20.8 Å². The Hall–Kier alpha value is -1.08. The summed E-state index contributed by atoms with van der Waals surface area (Å²) in [4.78, 5) is 26.2. The van der Waals surface area contributed by atoms with E-state index in [9.17, 15) is 9.59 Å². The molecule has 0 aromatic carbocycles. The first-order chi connectivity index (χ1) is 10.7. The quantitative estimate of drug-likeness (QED) is 0.569. The maximum absolute atomic E-state index is 12.5. The van der Waals surface area contributed by atoms with Crippen LogP contribution in [0, 0.1) is 0 Å². The number of methoxy groups -OCH3 is 1. The van der Waals surface area contributed by atoms with Crippen LogP contribution in [0.2, 0.25) is 18.1 Å². The Balaban J connectivity index is 3.00. The van der Waals surface area contributed by atoms with Crippen molar-refractivity contribution in [1.82, 2.24) is 4.90 Å². The Morgan fingerprint density at radius 2 is 1.62 bits per heavy atom. The first-order valence-corrected chi connectivity index (χ1v) is 11.4. The van der Waals surface area contributed by atoms with E-state index < -0.39 is 32.0 Å². The van der Waals surface area contributed by atoms with E-state index in [1.165, 1.54) is 12.0 Å². The first kappa shape index (κ1) is 21.0. The molecule has 0 aromatic rings. The molecule has 1 aliphatic rings. The van der Waals surface area contributed by atoms with Gasteiger partial charge in [-0.2, -0.15) is 0 Å². The molecule has 0 aliphatic carbocycles. The zero-order valence-electron chi connectivity index (χ0n) is 16.6. The number of nitrogens with zero attached hydrogens (tertiary/aromatic N) is 1. The van der Waals surface area contributed by atoms with Gasteiger partial charge in [0.2, 0.25) is 0 Å². The van der Waals surface area contributed by atoms with Crippen molar-refractivity contribution < 1.29 is 23.5 Å². The van der Waals surface area contributed by atoms with Crippen molar-refractivity contribution in [1.29, 1.82) is 0 Å². The normalized spacial score (nSPS) is 22.5. The third-order valence-electron chi connectivity index (χ3n) is 4.67. The van der Waals surface area contributed by atoms with Gasteiger partial charge in [0.25, 0.3) is 0 Å². The minimum atomic E-state index is -2.07. The van der Waals surface area contributed by atoms with Crippen LogP contribution < -0.4 is 0 Å². The molecule has 140 valence electrons. The van der Waals surface area contributed by atoms with Gasteiger partial charge in [0.15, 0.2) is 14.4 Å². The predicted molar refractivity (Wildman–Crippen MR) is 95.4 cm³/mol. The molecule has 6 nitrogen and oxygen atoms in total. The number of esters is 1. The Bertz CT molecular complexity index is 478. The maximum Gasteiger partial charge on any atom is 0.411 e. The summed E-state index contributed by atoms with van der Waals surface area (Å²) in [6, 6.07) is -0.751. The molecule has 1 amide bonds. The Labute approximate surface area is 147 Å². The number of carbonyl (C=O) groups is 2. The molecule has 1 rings (SSSR count). The van der Waals surface area contributed by atoms with Gasteiger partial charge in [0, 0.05) is 6.54 Å². The number of carbonyl (C=O) groups excluding carboxylic acids is 2. The molecular weight excluding hydrogens is 326 g/mol. The molecule has 0 N–H and O–H groups in total.